The lowest BCUT2D eigenvalue weighted by Crippen LogP contribution is -2.08. The van der Waals surface area contributed by atoms with Gasteiger partial charge in [0.2, 0.25) is 0 Å². The van der Waals surface area contributed by atoms with Crippen LogP contribution < -0.4 is 4.74 Å². The van der Waals surface area contributed by atoms with Gasteiger partial charge in [0.15, 0.2) is 0 Å². The van der Waals surface area contributed by atoms with Crippen LogP contribution in [0.2, 0.25) is 0 Å². The molecule has 100 valence electrons. The fourth-order valence-electron chi connectivity index (χ4n) is 2.11. The molecule has 5 heteroatoms. The summed E-state index contributed by atoms with van der Waals surface area (Å²) in [5.41, 5.74) is 1.79. The number of aliphatic carboxylic acids is 1. The molecule has 2 N–H and O–H groups in total. The van der Waals surface area contributed by atoms with Crippen molar-refractivity contribution in [2.75, 3.05) is 7.11 Å². The Hall–Kier alpha value is -1.75. The lowest BCUT2D eigenvalue weighted by molar-refractivity contribution is -0.137. The van der Waals surface area contributed by atoms with E-state index in [1.807, 2.05) is 30.5 Å². The molecule has 1 aromatic carbocycles. The van der Waals surface area contributed by atoms with Gasteiger partial charge < -0.3 is 14.8 Å². The van der Waals surface area contributed by atoms with Gasteiger partial charge in [-0.2, -0.15) is 0 Å². The highest BCUT2D eigenvalue weighted by Crippen LogP contribution is 2.36. The van der Waals surface area contributed by atoms with E-state index in [2.05, 4.69) is 20.9 Å². The number of nitrogens with one attached hydrogen (secondary N) is 1. The van der Waals surface area contributed by atoms with Crippen molar-refractivity contribution in [3.8, 4) is 5.75 Å². The topological polar surface area (TPSA) is 62.3 Å². The summed E-state index contributed by atoms with van der Waals surface area (Å²) in [6, 6.07) is 7.49. The number of halogens is 1. The number of aromatic nitrogens is 1. The van der Waals surface area contributed by atoms with Crippen LogP contribution >= 0.6 is 15.9 Å². The first-order valence-electron chi connectivity index (χ1n) is 5.79. The van der Waals surface area contributed by atoms with Crippen molar-refractivity contribution < 1.29 is 14.6 Å². The summed E-state index contributed by atoms with van der Waals surface area (Å²) in [6.45, 7) is 0. The number of rotatable bonds is 5. The molecule has 0 radical (unpaired) electrons. The molecule has 1 heterocycles. The highest BCUT2D eigenvalue weighted by molar-refractivity contribution is 9.10. The lowest BCUT2D eigenvalue weighted by Gasteiger charge is -2.18. The van der Waals surface area contributed by atoms with Crippen LogP contribution in [0.1, 0.15) is 23.5 Å². The third-order valence-corrected chi connectivity index (χ3v) is 3.46. The second kappa shape index (κ2) is 5.93. The zero-order chi connectivity index (χ0) is 13.8. The normalized spacial score (nSPS) is 12.1. The molecule has 0 aliphatic carbocycles. The Kier molecular flexibility index (Phi) is 4.27. The molecule has 19 heavy (non-hydrogen) atoms. The minimum absolute atomic E-state index is 0.0185. The number of hydrogen-bond donors (Lipinski definition) is 2. The second-order valence-electron chi connectivity index (χ2n) is 4.18. The van der Waals surface area contributed by atoms with Crippen LogP contribution in [-0.2, 0) is 4.79 Å². The Labute approximate surface area is 119 Å². The van der Waals surface area contributed by atoms with Gasteiger partial charge in [-0.05, 0) is 29.8 Å². The summed E-state index contributed by atoms with van der Waals surface area (Å²) < 4.78 is 6.23. The van der Waals surface area contributed by atoms with Crippen LogP contribution in [0, 0.1) is 0 Å². The molecule has 0 saturated carbocycles. The van der Waals surface area contributed by atoms with Gasteiger partial charge in [0.1, 0.15) is 5.75 Å². The number of H-pyrrole nitrogens is 1. The number of carboxylic acids is 1. The number of carboxylic acid groups (broad SMARTS) is 1. The third-order valence-electron chi connectivity index (χ3n) is 2.97. The van der Waals surface area contributed by atoms with E-state index >= 15 is 0 Å². The number of hydrogen-bond acceptors (Lipinski definition) is 2. The number of carbonyl (C=O) groups is 1. The number of methoxy groups -OCH3 is 1. The summed E-state index contributed by atoms with van der Waals surface area (Å²) in [7, 11) is 1.59. The van der Waals surface area contributed by atoms with Crippen LogP contribution in [0.5, 0.6) is 5.75 Å². The SMILES string of the molecule is COc1ccc(Br)cc1C(CC(=O)O)c1cc[nH]c1. The Morgan fingerprint density at radius 2 is 2.26 bits per heavy atom. The molecule has 0 amide bonds. The first-order chi connectivity index (χ1) is 9.11. The molecule has 0 aliphatic rings. The molecule has 2 aromatic rings. The van der Waals surface area contributed by atoms with Crippen molar-refractivity contribution >= 4 is 21.9 Å². The zero-order valence-electron chi connectivity index (χ0n) is 10.4. The molecule has 1 atom stereocenters. The van der Waals surface area contributed by atoms with E-state index in [4.69, 9.17) is 9.84 Å². The monoisotopic (exact) mass is 323 g/mol. The summed E-state index contributed by atoms with van der Waals surface area (Å²) in [5.74, 6) is -0.389. The second-order valence-corrected chi connectivity index (χ2v) is 5.10. The molecular weight excluding hydrogens is 310 g/mol. The van der Waals surface area contributed by atoms with E-state index in [0.29, 0.717) is 5.75 Å². The predicted octanol–water partition coefficient (Wildman–Crippen LogP) is 3.39. The number of benzene rings is 1. The average molecular weight is 324 g/mol. The van der Waals surface area contributed by atoms with Crippen molar-refractivity contribution in [1.29, 1.82) is 0 Å². The van der Waals surface area contributed by atoms with Crippen LogP contribution in [0.4, 0.5) is 0 Å². The average Bonchev–Trinajstić information content (AvgIpc) is 2.89. The van der Waals surface area contributed by atoms with Gasteiger partial charge in [0.05, 0.1) is 13.5 Å². The standard InChI is InChI=1S/C14H14BrNO3/c1-19-13-3-2-10(15)6-12(13)11(7-14(17)18)9-4-5-16-8-9/h2-6,8,11,16H,7H2,1H3,(H,17,18). The van der Waals surface area contributed by atoms with Gasteiger partial charge in [-0.1, -0.05) is 15.9 Å². The highest BCUT2D eigenvalue weighted by Gasteiger charge is 2.22. The maximum atomic E-state index is 11.1. The third kappa shape index (κ3) is 3.17. The molecule has 4 nitrogen and oxygen atoms in total. The Bertz CT molecular complexity index is 566. The number of aromatic amines is 1. The zero-order valence-corrected chi connectivity index (χ0v) is 12.0. The van der Waals surface area contributed by atoms with E-state index in [1.54, 1.807) is 13.3 Å². The first kappa shape index (κ1) is 13.7. The van der Waals surface area contributed by atoms with E-state index < -0.39 is 5.97 Å². The molecule has 0 bridgehead atoms. The minimum Gasteiger partial charge on any atom is -0.496 e. The largest absolute Gasteiger partial charge is 0.496 e. The molecule has 0 spiro atoms. The lowest BCUT2D eigenvalue weighted by atomic mass is 9.89. The highest BCUT2D eigenvalue weighted by atomic mass is 79.9. The number of ether oxygens (including phenoxy) is 1. The van der Waals surface area contributed by atoms with E-state index in [1.165, 1.54) is 0 Å². The molecule has 1 aromatic heterocycles. The molecule has 0 aliphatic heterocycles. The van der Waals surface area contributed by atoms with Gasteiger partial charge in [-0.15, -0.1) is 0 Å². The van der Waals surface area contributed by atoms with Gasteiger partial charge in [0.25, 0.3) is 0 Å². The Morgan fingerprint density at radius 1 is 1.47 bits per heavy atom. The smallest absolute Gasteiger partial charge is 0.304 e. The molecule has 2 rings (SSSR count). The van der Waals surface area contributed by atoms with Gasteiger partial charge in [-0.25, -0.2) is 0 Å². The van der Waals surface area contributed by atoms with Crippen molar-refractivity contribution in [2.45, 2.75) is 12.3 Å². The van der Waals surface area contributed by atoms with Gasteiger partial charge >= 0.3 is 5.97 Å². The summed E-state index contributed by atoms with van der Waals surface area (Å²) >= 11 is 3.41. The molecule has 0 fully saturated rings. The van der Waals surface area contributed by atoms with E-state index in [-0.39, 0.29) is 12.3 Å². The Morgan fingerprint density at radius 3 is 2.84 bits per heavy atom. The van der Waals surface area contributed by atoms with E-state index in [0.717, 1.165) is 15.6 Å². The van der Waals surface area contributed by atoms with Crippen molar-refractivity contribution in [3.63, 3.8) is 0 Å². The maximum Gasteiger partial charge on any atom is 0.304 e. The van der Waals surface area contributed by atoms with Crippen LogP contribution in [-0.4, -0.2) is 23.2 Å². The van der Waals surface area contributed by atoms with Gasteiger partial charge in [-0.3, -0.25) is 4.79 Å². The quantitative estimate of drug-likeness (QED) is 0.886. The molecular formula is C14H14BrNO3. The predicted molar refractivity (Wildman–Crippen MR) is 75.6 cm³/mol. The van der Waals surface area contributed by atoms with Crippen molar-refractivity contribution in [3.05, 3.63) is 52.3 Å². The van der Waals surface area contributed by atoms with E-state index in [9.17, 15) is 4.79 Å². The van der Waals surface area contributed by atoms with Crippen LogP contribution in [0.3, 0.4) is 0 Å². The summed E-state index contributed by atoms with van der Waals surface area (Å²) in [6.07, 6.45) is 3.62. The maximum absolute atomic E-state index is 11.1. The van der Waals surface area contributed by atoms with Crippen molar-refractivity contribution in [2.24, 2.45) is 0 Å². The summed E-state index contributed by atoms with van der Waals surface area (Å²) in [4.78, 5) is 14.1. The van der Waals surface area contributed by atoms with Crippen LogP contribution in [0.15, 0.2) is 41.1 Å². The first-order valence-corrected chi connectivity index (χ1v) is 6.59. The summed E-state index contributed by atoms with van der Waals surface area (Å²) in [5, 5.41) is 9.11. The molecule has 1 unspecified atom stereocenters. The van der Waals surface area contributed by atoms with Gasteiger partial charge in [0, 0.05) is 28.3 Å². The molecule has 0 saturated heterocycles. The van der Waals surface area contributed by atoms with Crippen LogP contribution in [0.25, 0.3) is 0 Å². The minimum atomic E-state index is -0.840. The fraction of sp³-hybridized carbons (Fsp3) is 0.214. The Balaban J connectivity index is 2.48. The fourth-order valence-corrected chi connectivity index (χ4v) is 2.49. The van der Waals surface area contributed by atoms with Crippen molar-refractivity contribution in [1.82, 2.24) is 4.98 Å².